The number of nitrogens with zero attached hydrogens (tertiary/aromatic N) is 2. The molecule has 0 bridgehead atoms. The Morgan fingerprint density at radius 1 is 1.00 bits per heavy atom. The second-order valence-electron chi connectivity index (χ2n) is 4.83. The minimum Gasteiger partial charge on any atom is -0.348 e. The molecule has 4 heteroatoms. The van der Waals surface area contributed by atoms with E-state index in [0.717, 1.165) is 18.5 Å². The summed E-state index contributed by atoms with van der Waals surface area (Å²) >= 11 is 0. The van der Waals surface area contributed by atoms with E-state index >= 15 is 0 Å². The maximum atomic E-state index is 11.9. The van der Waals surface area contributed by atoms with E-state index in [1.54, 1.807) is 21.1 Å². The molecule has 1 aromatic carbocycles. The predicted octanol–water partition coefficient (Wildman–Crippen LogP) is 2.08. The number of carbonyl (C=O) groups is 2. The van der Waals surface area contributed by atoms with E-state index in [9.17, 15) is 9.59 Å². The average molecular weight is 262 g/mol. The van der Waals surface area contributed by atoms with E-state index in [1.807, 2.05) is 24.3 Å². The molecule has 0 atom stereocenters. The summed E-state index contributed by atoms with van der Waals surface area (Å²) in [6.45, 7) is 2.14. The number of anilines is 1. The Hall–Kier alpha value is -1.84. The van der Waals surface area contributed by atoms with Gasteiger partial charge in [-0.15, -0.1) is 0 Å². The fourth-order valence-electron chi connectivity index (χ4n) is 1.72. The maximum Gasteiger partial charge on any atom is 0.236 e. The van der Waals surface area contributed by atoms with E-state index < -0.39 is 0 Å². The second kappa shape index (κ2) is 6.92. The van der Waals surface area contributed by atoms with Crippen LogP contribution in [-0.2, 0) is 16.0 Å². The zero-order valence-corrected chi connectivity index (χ0v) is 12.1. The van der Waals surface area contributed by atoms with Gasteiger partial charge in [0.2, 0.25) is 11.8 Å². The van der Waals surface area contributed by atoms with E-state index in [4.69, 9.17) is 0 Å². The molecule has 0 fully saturated rings. The Balaban J connectivity index is 2.68. The van der Waals surface area contributed by atoms with Gasteiger partial charge in [0.1, 0.15) is 6.42 Å². The summed E-state index contributed by atoms with van der Waals surface area (Å²) in [5.74, 6) is -0.374. The third kappa shape index (κ3) is 4.39. The highest BCUT2D eigenvalue weighted by Crippen LogP contribution is 2.15. The van der Waals surface area contributed by atoms with Crippen LogP contribution in [0.15, 0.2) is 24.3 Å². The van der Waals surface area contributed by atoms with Crippen LogP contribution < -0.4 is 4.90 Å². The Morgan fingerprint density at radius 2 is 1.58 bits per heavy atom. The zero-order valence-electron chi connectivity index (χ0n) is 12.1. The van der Waals surface area contributed by atoms with Crippen LogP contribution in [-0.4, -0.2) is 37.9 Å². The molecular formula is C15H22N2O2. The van der Waals surface area contributed by atoms with Gasteiger partial charge in [-0.1, -0.05) is 25.5 Å². The average Bonchev–Trinajstić information content (AvgIpc) is 2.39. The fourth-order valence-corrected chi connectivity index (χ4v) is 1.72. The van der Waals surface area contributed by atoms with Crippen molar-refractivity contribution in [2.75, 3.05) is 26.0 Å². The number of amides is 2. The van der Waals surface area contributed by atoms with Crippen LogP contribution in [0.2, 0.25) is 0 Å². The molecule has 0 aliphatic rings. The van der Waals surface area contributed by atoms with Crippen molar-refractivity contribution in [3.05, 3.63) is 29.8 Å². The third-order valence-electron chi connectivity index (χ3n) is 3.04. The molecule has 0 saturated heterocycles. The van der Waals surface area contributed by atoms with Crippen LogP contribution >= 0.6 is 0 Å². The van der Waals surface area contributed by atoms with Crippen LogP contribution in [0.4, 0.5) is 5.69 Å². The summed E-state index contributed by atoms with van der Waals surface area (Å²) < 4.78 is 0. The highest BCUT2D eigenvalue weighted by Gasteiger charge is 2.16. The van der Waals surface area contributed by atoms with Gasteiger partial charge in [-0.3, -0.25) is 9.59 Å². The molecule has 0 saturated carbocycles. The van der Waals surface area contributed by atoms with Gasteiger partial charge in [-0.2, -0.15) is 0 Å². The molecule has 1 rings (SSSR count). The molecule has 0 unspecified atom stereocenters. The minimum absolute atomic E-state index is 0.0970. The smallest absolute Gasteiger partial charge is 0.236 e. The molecule has 0 aliphatic heterocycles. The van der Waals surface area contributed by atoms with Gasteiger partial charge in [-0.05, 0) is 24.1 Å². The highest BCUT2D eigenvalue weighted by molar-refractivity contribution is 6.04. The number of hydrogen-bond acceptors (Lipinski definition) is 2. The Kier molecular flexibility index (Phi) is 5.55. The SMILES string of the molecule is CCCc1ccc(N(C)C(=O)CC(=O)N(C)C)cc1. The standard InChI is InChI=1S/C15H22N2O2/c1-5-6-12-7-9-13(10-8-12)17(4)15(19)11-14(18)16(2)3/h7-10H,5-6,11H2,1-4H3. The monoisotopic (exact) mass is 262 g/mol. The van der Waals surface area contributed by atoms with Crippen molar-refractivity contribution in [2.24, 2.45) is 0 Å². The summed E-state index contributed by atoms with van der Waals surface area (Å²) in [5, 5.41) is 0. The van der Waals surface area contributed by atoms with Gasteiger partial charge in [0, 0.05) is 26.8 Å². The minimum atomic E-state index is -0.193. The molecule has 0 radical (unpaired) electrons. The van der Waals surface area contributed by atoms with Crippen molar-refractivity contribution >= 4 is 17.5 Å². The third-order valence-corrected chi connectivity index (χ3v) is 3.04. The van der Waals surface area contributed by atoms with Crippen molar-refractivity contribution in [2.45, 2.75) is 26.2 Å². The molecule has 4 nitrogen and oxygen atoms in total. The van der Waals surface area contributed by atoms with Gasteiger partial charge >= 0.3 is 0 Å². The van der Waals surface area contributed by atoms with Crippen molar-refractivity contribution < 1.29 is 9.59 Å². The molecule has 2 amide bonds. The largest absolute Gasteiger partial charge is 0.348 e. The van der Waals surface area contributed by atoms with Crippen LogP contribution in [0.1, 0.15) is 25.3 Å². The van der Waals surface area contributed by atoms with Gasteiger partial charge in [0.25, 0.3) is 0 Å². The first-order valence-corrected chi connectivity index (χ1v) is 6.51. The van der Waals surface area contributed by atoms with Crippen LogP contribution in [0, 0.1) is 0 Å². The lowest BCUT2D eigenvalue weighted by molar-refractivity contribution is -0.133. The van der Waals surface area contributed by atoms with Crippen LogP contribution in [0.3, 0.4) is 0 Å². The van der Waals surface area contributed by atoms with Gasteiger partial charge in [0.15, 0.2) is 0 Å². The fraction of sp³-hybridized carbons (Fsp3) is 0.467. The Morgan fingerprint density at radius 3 is 2.05 bits per heavy atom. The summed E-state index contributed by atoms with van der Waals surface area (Å²) in [6, 6.07) is 7.89. The molecule has 0 N–H and O–H groups in total. The molecule has 1 aromatic rings. The van der Waals surface area contributed by atoms with E-state index in [-0.39, 0.29) is 18.2 Å². The Labute approximate surface area is 115 Å². The van der Waals surface area contributed by atoms with Crippen molar-refractivity contribution in [3.8, 4) is 0 Å². The first-order valence-electron chi connectivity index (χ1n) is 6.51. The topological polar surface area (TPSA) is 40.6 Å². The number of rotatable bonds is 5. The van der Waals surface area contributed by atoms with Gasteiger partial charge in [0.05, 0.1) is 0 Å². The van der Waals surface area contributed by atoms with Gasteiger partial charge < -0.3 is 9.80 Å². The lowest BCUT2D eigenvalue weighted by Crippen LogP contribution is -2.32. The van der Waals surface area contributed by atoms with E-state index in [1.165, 1.54) is 15.4 Å². The van der Waals surface area contributed by atoms with Crippen molar-refractivity contribution in [1.29, 1.82) is 0 Å². The summed E-state index contributed by atoms with van der Waals surface area (Å²) in [4.78, 5) is 26.4. The predicted molar refractivity (Wildman–Crippen MR) is 77.2 cm³/mol. The Bertz CT molecular complexity index is 438. The van der Waals surface area contributed by atoms with E-state index in [0.29, 0.717) is 0 Å². The molecule has 0 heterocycles. The van der Waals surface area contributed by atoms with Crippen LogP contribution in [0.25, 0.3) is 0 Å². The highest BCUT2D eigenvalue weighted by atomic mass is 16.2. The molecule has 0 aliphatic carbocycles. The molecule has 0 spiro atoms. The second-order valence-corrected chi connectivity index (χ2v) is 4.83. The number of aryl methyl sites for hydroxylation is 1. The molecule has 104 valence electrons. The lowest BCUT2D eigenvalue weighted by atomic mass is 10.1. The number of hydrogen-bond donors (Lipinski definition) is 0. The first kappa shape index (κ1) is 15.2. The molecule has 19 heavy (non-hydrogen) atoms. The van der Waals surface area contributed by atoms with Crippen molar-refractivity contribution in [1.82, 2.24) is 4.90 Å². The first-order chi connectivity index (χ1) is 8.95. The summed E-state index contributed by atoms with van der Waals surface area (Å²) in [7, 11) is 4.99. The molecule has 0 aromatic heterocycles. The summed E-state index contributed by atoms with van der Waals surface area (Å²) in [5.41, 5.74) is 2.08. The van der Waals surface area contributed by atoms with Crippen molar-refractivity contribution in [3.63, 3.8) is 0 Å². The molecular weight excluding hydrogens is 240 g/mol. The van der Waals surface area contributed by atoms with E-state index in [2.05, 4.69) is 6.92 Å². The summed E-state index contributed by atoms with van der Waals surface area (Å²) in [6.07, 6.45) is 2.04. The number of carbonyl (C=O) groups excluding carboxylic acids is 2. The maximum absolute atomic E-state index is 11.9. The lowest BCUT2D eigenvalue weighted by Gasteiger charge is -2.18. The van der Waals surface area contributed by atoms with Crippen LogP contribution in [0.5, 0.6) is 0 Å². The number of benzene rings is 1. The van der Waals surface area contributed by atoms with Gasteiger partial charge in [-0.25, -0.2) is 0 Å². The normalized spacial score (nSPS) is 10.1. The quantitative estimate of drug-likeness (QED) is 0.762. The zero-order chi connectivity index (χ0) is 14.4.